The quantitative estimate of drug-likeness (QED) is 0.263. The van der Waals surface area contributed by atoms with E-state index in [1.165, 1.54) is 11.5 Å². The van der Waals surface area contributed by atoms with Crippen molar-refractivity contribution >= 4 is 58.2 Å². The first kappa shape index (κ1) is 22.9. The van der Waals surface area contributed by atoms with Crippen LogP contribution in [-0.2, 0) is 6.42 Å². The fourth-order valence-electron chi connectivity index (χ4n) is 2.75. The van der Waals surface area contributed by atoms with Crippen molar-refractivity contribution in [2.24, 2.45) is 4.99 Å². The number of nitrogens with zero attached hydrogens (tertiary/aromatic N) is 6. The maximum absolute atomic E-state index is 6.04. The zero-order chi connectivity index (χ0) is 19.1. The average Bonchev–Trinajstić information content (AvgIpc) is 3.19. The van der Waals surface area contributed by atoms with Gasteiger partial charge in [0.15, 0.2) is 5.96 Å². The zero-order valence-corrected chi connectivity index (χ0v) is 19.9. The minimum Gasteiger partial charge on any atom is -0.475 e. The van der Waals surface area contributed by atoms with Crippen LogP contribution in [0.15, 0.2) is 23.3 Å². The van der Waals surface area contributed by atoms with Gasteiger partial charge in [0, 0.05) is 57.4 Å². The van der Waals surface area contributed by atoms with Gasteiger partial charge in [-0.2, -0.15) is 4.37 Å². The number of anilines is 1. The molecule has 0 atom stereocenters. The molecule has 1 fully saturated rings. The normalized spacial score (nSPS) is 14.6. The van der Waals surface area contributed by atoms with E-state index in [9.17, 15) is 0 Å². The number of aryl methyl sites for hydroxylation is 1. The van der Waals surface area contributed by atoms with Crippen LogP contribution >= 0.6 is 47.1 Å². The maximum atomic E-state index is 6.04. The molecule has 0 unspecified atom stereocenters. The molecular formula is C17H25ClIN7OS. The van der Waals surface area contributed by atoms with Crippen LogP contribution in [0.5, 0.6) is 5.88 Å². The molecule has 154 valence electrons. The summed E-state index contributed by atoms with van der Waals surface area (Å²) < 4.78 is 9.98. The van der Waals surface area contributed by atoms with Crippen molar-refractivity contribution in [3.8, 4) is 5.88 Å². The number of nitrogens with one attached hydrogen (secondary N) is 1. The molecule has 1 saturated heterocycles. The molecule has 11 heteroatoms. The van der Waals surface area contributed by atoms with Crippen molar-refractivity contribution < 1.29 is 4.74 Å². The number of pyridine rings is 1. The molecule has 1 aliphatic rings. The third-order valence-electron chi connectivity index (χ3n) is 4.18. The number of aliphatic imine (C=N–C) groups is 1. The summed E-state index contributed by atoms with van der Waals surface area (Å²) >= 11 is 7.52. The lowest BCUT2D eigenvalue weighted by Gasteiger charge is -2.36. The highest BCUT2D eigenvalue weighted by atomic mass is 127. The highest BCUT2D eigenvalue weighted by molar-refractivity contribution is 14.0. The standard InChI is InChI=1S/C17H24ClN7OS.HI/c1-3-14-22-17(27-23-14)25-10-8-24(9-11-25)16(19-2)21-7-12-26-15-13(18)5-4-6-20-15;/h4-6H,3,7-12H2,1-2H3,(H,19,21);1H. The van der Waals surface area contributed by atoms with Gasteiger partial charge < -0.3 is 19.9 Å². The van der Waals surface area contributed by atoms with E-state index in [2.05, 4.69) is 41.4 Å². The van der Waals surface area contributed by atoms with E-state index in [0.717, 1.165) is 49.5 Å². The molecule has 8 nitrogen and oxygen atoms in total. The SMILES string of the molecule is CCc1nsc(N2CCN(C(=NC)NCCOc3ncccc3Cl)CC2)n1.I. The van der Waals surface area contributed by atoms with Crippen LogP contribution in [0.4, 0.5) is 5.13 Å². The van der Waals surface area contributed by atoms with Gasteiger partial charge in [0.2, 0.25) is 11.0 Å². The largest absolute Gasteiger partial charge is 0.475 e. The summed E-state index contributed by atoms with van der Waals surface area (Å²) in [5.41, 5.74) is 0. The van der Waals surface area contributed by atoms with Crippen LogP contribution in [0.25, 0.3) is 0 Å². The fourth-order valence-corrected chi connectivity index (χ4v) is 3.72. The van der Waals surface area contributed by atoms with Gasteiger partial charge in [0.25, 0.3) is 0 Å². The van der Waals surface area contributed by atoms with E-state index in [0.29, 0.717) is 24.1 Å². The third kappa shape index (κ3) is 6.05. The van der Waals surface area contributed by atoms with Gasteiger partial charge in [0.1, 0.15) is 17.5 Å². The number of hydrogen-bond acceptors (Lipinski definition) is 7. The Morgan fingerprint density at radius 1 is 1.36 bits per heavy atom. The highest BCUT2D eigenvalue weighted by Crippen LogP contribution is 2.20. The summed E-state index contributed by atoms with van der Waals surface area (Å²) in [6.45, 7) is 6.72. The second kappa shape index (κ2) is 11.6. The number of halogens is 2. The Morgan fingerprint density at radius 3 is 2.79 bits per heavy atom. The Balaban J connectivity index is 0.00000280. The van der Waals surface area contributed by atoms with Crippen LogP contribution in [-0.4, -0.2) is 71.6 Å². The van der Waals surface area contributed by atoms with E-state index in [4.69, 9.17) is 16.3 Å². The zero-order valence-electron chi connectivity index (χ0n) is 16.0. The lowest BCUT2D eigenvalue weighted by Crippen LogP contribution is -2.53. The monoisotopic (exact) mass is 537 g/mol. The lowest BCUT2D eigenvalue weighted by atomic mass is 10.3. The number of aromatic nitrogens is 3. The predicted octanol–water partition coefficient (Wildman–Crippen LogP) is 2.54. The van der Waals surface area contributed by atoms with Crippen molar-refractivity contribution in [1.29, 1.82) is 0 Å². The fraction of sp³-hybridized carbons (Fsp3) is 0.529. The molecule has 0 aromatic carbocycles. The molecule has 1 N–H and O–H groups in total. The van der Waals surface area contributed by atoms with Crippen molar-refractivity contribution in [2.45, 2.75) is 13.3 Å². The van der Waals surface area contributed by atoms with Gasteiger partial charge in [0.05, 0.1) is 6.54 Å². The van der Waals surface area contributed by atoms with Crippen LogP contribution in [0.1, 0.15) is 12.7 Å². The number of hydrogen-bond donors (Lipinski definition) is 1. The first-order valence-corrected chi connectivity index (χ1v) is 10.1. The van der Waals surface area contributed by atoms with Crippen molar-refractivity contribution in [3.05, 3.63) is 29.2 Å². The molecule has 0 aliphatic carbocycles. The van der Waals surface area contributed by atoms with Gasteiger partial charge >= 0.3 is 0 Å². The van der Waals surface area contributed by atoms with Crippen molar-refractivity contribution in [3.63, 3.8) is 0 Å². The summed E-state index contributed by atoms with van der Waals surface area (Å²) in [6, 6.07) is 3.54. The number of ether oxygens (including phenoxy) is 1. The highest BCUT2D eigenvalue weighted by Gasteiger charge is 2.21. The molecule has 3 rings (SSSR count). The summed E-state index contributed by atoms with van der Waals surface area (Å²) in [4.78, 5) is 17.6. The lowest BCUT2D eigenvalue weighted by molar-refractivity contribution is 0.304. The van der Waals surface area contributed by atoms with Gasteiger partial charge in [-0.1, -0.05) is 18.5 Å². The summed E-state index contributed by atoms with van der Waals surface area (Å²) in [5.74, 6) is 2.24. The molecule has 0 bridgehead atoms. The molecule has 2 aromatic rings. The summed E-state index contributed by atoms with van der Waals surface area (Å²) in [6.07, 6.45) is 2.54. The average molecular weight is 538 g/mol. The molecule has 1 aliphatic heterocycles. The first-order chi connectivity index (χ1) is 13.2. The Hall–Kier alpha value is -1.40. The van der Waals surface area contributed by atoms with E-state index in [1.807, 2.05) is 0 Å². The molecule has 0 saturated carbocycles. The molecule has 28 heavy (non-hydrogen) atoms. The summed E-state index contributed by atoms with van der Waals surface area (Å²) in [7, 11) is 1.80. The summed E-state index contributed by atoms with van der Waals surface area (Å²) in [5, 5.41) is 4.86. The van der Waals surface area contributed by atoms with Gasteiger partial charge in [-0.3, -0.25) is 4.99 Å². The van der Waals surface area contributed by atoms with Gasteiger partial charge in [-0.15, -0.1) is 24.0 Å². The van der Waals surface area contributed by atoms with Crippen LogP contribution < -0.4 is 15.0 Å². The maximum Gasteiger partial charge on any atom is 0.232 e. The third-order valence-corrected chi connectivity index (χ3v) is 5.29. The van der Waals surface area contributed by atoms with Crippen LogP contribution in [0.3, 0.4) is 0 Å². The Labute approximate surface area is 191 Å². The Bertz CT molecular complexity index is 767. The molecule has 0 spiro atoms. The molecular weight excluding hydrogens is 513 g/mol. The van der Waals surface area contributed by atoms with Crippen LogP contribution in [0.2, 0.25) is 5.02 Å². The van der Waals surface area contributed by atoms with E-state index >= 15 is 0 Å². The molecule has 0 amide bonds. The second-order valence-electron chi connectivity index (χ2n) is 5.93. The van der Waals surface area contributed by atoms with E-state index < -0.39 is 0 Å². The van der Waals surface area contributed by atoms with E-state index in [-0.39, 0.29) is 24.0 Å². The topological polar surface area (TPSA) is 78.8 Å². The second-order valence-corrected chi connectivity index (χ2v) is 7.07. The number of guanidine groups is 1. The smallest absolute Gasteiger partial charge is 0.232 e. The predicted molar refractivity (Wildman–Crippen MR) is 125 cm³/mol. The Morgan fingerprint density at radius 2 is 2.14 bits per heavy atom. The minimum atomic E-state index is 0. The number of rotatable bonds is 6. The molecule has 0 radical (unpaired) electrons. The van der Waals surface area contributed by atoms with E-state index in [1.54, 1.807) is 25.4 Å². The van der Waals surface area contributed by atoms with Gasteiger partial charge in [-0.25, -0.2) is 9.97 Å². The van der Waals surface area contributed by atoms with Crippen molar-refractivity contribution in [2.75, 3.05) is 51.3 Å². The van der Waals surface area contributed by atoms with Gasteiger partial charge in [-0.05, 0) is 12.1 Å². The number of piperazine rings is 1. The molecule has 3 heterocycles. The first-order valence-electron chi connectivity index (χ1n) is 8.97. The van der Waals surface area contributed by atoms with Crippen molar-refractivity contribution in [1.82, 2.24) is 24.6 Å². The Kier molecular flexibility index (Phi) is 9.45. The minimum absolute atomic E-state index is 0. The molecule has 2 aromatic heterocycles. The van der Waals surface area contributed by atoms with Crippen LogP contribution in [0, 0.1) is 0 Å².